The fraction of sp³-hybridized carbons (Fsp3) is 0.917. The van der Waals surface area contributed by atoms with Crippen LogP contribution in [0.1, 0.15) is 46.0 Å². The number of hydrogen-bond donors (Lipinski definition) is 1. The Bertz CT molecular complexity index is 281. The minimum atomic E-state index is -4.09. The molecule has 2 atom stereocenters. The zero-order valence-electron chi connectivity index (χ0n) is 10.9. The molecule has 1 saturated heterocycles. The predicted molar refractivity (Wildman–Crippen MR) is 62.9 cm³/mol. The fourth-order valence-corrected chi connectivity index (χ4v) is 2.25. The molecule has 18 heavy (non-hydrogen) atoms. The van der Waals surface area contributed by atoms with E-state index in [4.69, 9.17) is 0 Å². The monoisotopic (exact) mass is 266 g/mol. The smallest absolute Gasteiger partial charge is 0.326 e. The summed E-state index contributed by atoms with van der Waals surface area (Å²) in [4.78, 5) is 13.6. The maximum Gasteiger partial charge on any atom is 0.389 e. The average Bonchev–Trinajstić information content (AvgIpc) is 2.60. The van der Waals surface area contributed by atoms with E-state index in [9.17, 15) is 18.0 Å². The molecule has 1 fully saturated rings. The summed E-state index contributed by atoms with van der Waals surface area (Å²) in [6, 6.07) is -0.169. The van der Waals surface area contributed by atoms with E-state index in [0.717, 1.165) is 6.42 Å². The molecule has 1 N–H and O–H groups in total. The van der Waals surface area contributed by atoms with Crippen molar-refractivity contribution in [2.45, 2.75) is 64.3 Å². The van der Waals surface area contributed by atoms with Gasteiger partial charge in [0.25, 0.3) is 0 Å². The third-order valence-corrected chi connectivity index (χ3v) is 3.26. The van der Waals surface area contributed by atoms with Gasteiger partial charge >= 0.3 is 6.18 Å². The van der Waals surface area contributed by atoms with Gasteiger partial charge in [0.05, 0.1) is 12.2 Å². The maximum atomic E-state index is 12.0. The van der Waals surface area contributed by atoms with Crippen molar-refractivity contribution < 1.29 is 18.0 Å². The van der Waals surface area contributed by atoms with Gasteiger partial charge in [0.1, 0.15) is 0 Å². The Morgan fingerprint density at radius 3 is 2.39 bits per heavy atom. The molecule has 0 spiro atoms. The molecule has 6 heteroatoms. The van der Waals surface area contributed by atoms with Crippen LogP contribution < -0.4 is 5.32 Å². The molecular weight excluding hydrogens is 245 g/mol. The molecule has 0 bridgehead atoms. The number of halogens is 3. The molecule has 0 saturated carbocycles. The van der Waals surface area contributed by atoms with Gasteiger partial charge in [0.15, 0.2) is 0 Å². The Kier molecular flexibility index (Phi) is 5.44. The molecular formula is C12H21F3N2O. The largest absolute Gasteiger partial charge is 0.389 e. The number of carbonyl (C=O) groups is 1. The van der Waals surface area contributed by atoms with E-state index in [2.05, 4.69) is 5.32 Å². The van der Waals surface area contributed by atoms with Crippen molar-refractivity contribution in [1.29, 1.82) is 0 Å². The number of amides is 1. The van der Waals surface area contributed by atoms with E-state index in [-0.39, 0.29) is 24.5 Å². The summed E-state index contributed by atoms with van der Waals surface area (Å²) >= 11 is 0. The lowest BCUT2D eigenvalue weighted by Gasteiger charge is -2.23. The zero-order valence-corrected chi connectivity index (χ0v) is 10.9. The van der Waals surface area contributed by atoms with Gasteiger partial charge in [-0.05, 0) is 25.7 Å². The Labute approximate surface area is 106 Å². The summed E-state index contributed by atoms with van der Waals surface area (Å²) in [7, 11) is 0. The first kappa shape index (κ1) is 15.3. The highest BCUT2D eigenvalue weighted by molar-refractivity contribution is 5.84. The molecule has 0 aliphatic carbocycles. The molecule has 1 aliphatic rings. The number of unbranched alkanes of at least 4 members (excludes halogenated alkanes) is 1. The number of nitrogens with one attached hydrogen (secondary N) is 1. The lowest BCUT2D eigenvalue weighted by atomic mass is 10.2. The quantitative estimate of drug-likeness (QED) is 0.750. The summed E-state index contributed by atoms with van der Waals surface area (Å²) in [5.74, 6) is 0.0244. The number of rotatable bonds is 6. The number of alkyl halides is 3. The van der Waals surface area contributed by atoms with Crippen molar-refractivity contribution in [3.05, 3.63) is 0 Å². The van der Waals surface area contributed by atoms with Crippen molar-refractivity contribution in [3.8, 4) is 0 Å². The third kappa shape index (κ3) is 4.15. The highest BCUT2D eigenvalue weighted by Gasteiger charge is 2.36. The number of nitrogens with zero attached hydrogens (tertiary/aromatic N) is 1. The fourth-order valence-electron chi connectivity index (χ4n) is 2.25. The van der Waals surface area contributed by atoms with Crippen LogP contribution in [0, 0.1) is 0 Å². The molecule has 1 heterocycles. The minimum absolute atomic E-state index is 0.0201. The topological polar surface area (TPSA) is 32.3 Å². The second kappa shape index (κ2) is 6.41. The standard InChI is InChI=1S/C12H21F3N2O/c1-3-9-11(18)17(10(4-2)16-9)8-6-5-7-12(13,14)15/h9-10,16H,3-8H2,1-2H3. The minimum Gasteiger partial charge on any atom is -0.326 e. The van der Waals surface area contributed by atoms with Crippen LogP contribution in [0.25, 0.3) is 0 Å². The zero-order chi connectivity index (χ0) is 13.8. The SMILES string of the molecule is CCC1NC(CC)N(CCCCC(F)(F)F)C1=O. The highest BCUT2D eigenvalue weighted by atomic mass is 19.4. The second-order valence-electron chi connectivity index (χ2n) is 4.66. The van der Waals surface area contributed by atoms with Crippen LogP contribution in [0.2, 0.25) is 0 Å². The summed E-state index contributed by atoms with van der Waals surface area (Å²) in [6.07, 6.45) is -2.90. The first-order valence-corrected chi connectivity index (χ1v) is 6.52. The lowest BCUT2D eigenvalue weighted by molar-refractivity contribution is -0.136. The van der Waals surface area contributed by atoms with E-state index in [1.807, 2.05) is 13.8 Å². The van der Waals surface area contributed by atoms with Crippen LogP contribution in [-0.2, 0) is 4.79 Å². The molecule has 0 aromatic carbocycles. The number of hydrogen-bond acceptors (Lipinski definition) is 2. The van der Waals surface area contributed by atoms with Gasteiger partial charge in [0.2, 0.25) is 5.91 Å². The second-order valence-corrected chi connectivity index (χ2v) is 4.66. The van der Waals surface area contributed by atoms with Crippen LogP contribution in [0.5, 0.6) is 0 Å². The van der Waals surface area contributed by atoms with Crippen LogP contribution in [-0.4, -0.2) is 35.7 Å². The summed E-state index contributed by atoms with van der Waals surface area (Å²) in [5.41, 5.74) is 0. The normalized spacial score (nSPS) is 24.9. The van der Waals surface area contributed by atoms with E-state index in [0.29, 0.717) is 19.4 Å². The maximum absolute atomic E-state index is 12.0. The average molecular weight is 266 g/mol. The molecule has 0 aromatic rings. The molecule has 3 nitrogen and oxygen atoms in total. The first-order chi connectivity index (χ1) is 8.39. The van der Waals surface area contributed by atoms with E-state index < -0.39 is 12.6 Å². The van der Waals surface area contributed by atoms with Crippen molar-refractivity contribution in [1.82, 2.24) is 10.2 Å². The summed E-state index contributed by atoms with van der Waals surface area (Å²) in [6.45, 7) is 4.30. The van der Waals surface area contributed by atoms with Gasteiger partial charge in [-0.3, -0.25) is 10.1 Å². The molecule has 0 aromatic heterocycles. The summed E-state index contributed by atoms with van der Waals surface area (Å²) in [5, 5.41) is 3.20. The Morgan fingerprint density at radius 1 is 1.22 bits per heavy atom. The van der Waals surface area contributed by atoms with E-state index >= 15 is 0 Å². The molecule has 1 aliphatic heterocycles. The molecule has 0 radical (unpaired) electrons. The van der Waals surface area contributed by atoms with Crippen molar-refractivity contribution in [2.75, 3.05) is 6.54 Å². The van der Waals surface area contributed by atoms with Crippen molar-refractivity contribution in [3.63, 3.8) is 0 Å². The lowest BCUT2D eigenvalue weighted by Crippen LogP contribution is -2.37. The van der Waals surface area contributed by atoms with Crippen LogP contribution in [0.15, 0.2) is 0 Å². The van der Waals surface area contributed by atoms with Gasteiger partial charge < -0.3 is 4.90 Å². The van der Waals surface area contributed by atoms with Gasteiger partial charge in [-0.1, -0.05) is 13.8 Å². The third-order valence-electron chi connectivity index (χ3n) is 3.26. The van der Waals surface area contributed by atoms with E-state index in [1.54, 1.807) is 4.90 Å². The van der Waals surface area contributed by atoms with Crippen LogP contribution in [0.4, 0.5) is 13.2 Å². The van der Waals surface area contributed by atoms with Crippen LogP contribution in [0.3, 0.4) is 0 Å². The molecule has 1 amide bonds. The van der Waals surface area contributed by atoms with Gasteiger partial charge in [-0.15, -0.1) is 0 Å². The Morgan fingerprint density at radius 2 is 1.89 bits per heavy atom. The van der Waals surface area contributed by atoms with Crippen molar-refractivity contribution in [2.24, 2.45) is 0 Å². The van der Waals surface area contributed by atoms with Gasteiger partial charge in [-0.25, -0.2) is 0 Å². The Hall–Kier alpha value is -0.780. The van der Waals surface area contributed by atoms with Gasteiger partial charge in [0, 0.05) is 13.0 Å². The highest BCUT2D eigenvalue weighted by Crippen LogP contribution is 2.23. The van der Waals surface area contributed by atoms with Gasteiger partial charge in [-0.2, -0.15) is 13.2 Å². The Balaban J connectivity index is 2.38. The van der Waals surface area contributed by atoms with Crippen molar-refractivity contribution >= 4 is 5.91 Å². The van der Waals surface area contributed by atoms with Crippen LogP contribution >= 0.6 is 0 Å². The number of carbonyl (C=O) groups excluding carboxylic acids is 1. The molecule has 106 valence electrons. The van der Waals surface area contributed by atoms with E-state index in [1.165, 1.54) is 0 Å². The summed E-state index contributed by atoms with van der Waals surface area (Å²) < 4.78 is 36.0. The molecule has 1 rings (SSSR count). The predicted octanol–water partition coefficient (Wildman–Crippen LogP) is 2.67. The first-order valence-electron chi connectivity index (χ1n) is 6.52. The molecule has 2 unspecified atom stereocenters.